The lowest BCUT2D eigenvalue weighted by Crippen LogP contribution is -2.31. The molecule has 0 saturated heterocycles. The molecule has 3 nitrogen and oxygen atoms in total. The summed E-state index contributed by atoms with van der Waals surface area (Å²) in [6.45, 7) is 3.74. The van der Waals surface area contributed by atoms with E-state index in [0.29, 0.717) is 5.02 Å². The zero-order valence-corrected chi connectivity index (χ0v) is 10.3. The average Bonchev–Trinajstić information content (AvgIpc) is 2.17. The van der Waals surface area contributed by atoms with E-state index in [1.165, 1.54) is 12.1 Å². The van der Waals surface area contributed by atoms with Gasteiger partial charge in [-0.25, -0.2) is 13.1 Å². The van der Waals surface area contributed by atoms with Crippen LogP contribution in [0.1, 0.15) is 20.3 Å². The predicted octanol–water partition coefficient (Wildman–Crippen LogP) is 2.42. The molecule has 0 saturated carbocycles. The van der Waals surface area contributed by atoms with Gasteiger partial charge in [-0.1, -0.05) is 24.6 Å². The number of benzene rings is 1. The third kappa shape index (κ3) is 3.48. The minimum atomic E-state index is -3.43. The third-order valence-electron chi connectivity index (χ3n) is 2.08. The molecular formula is C10H14ClNO2S. The maximum Gasteiger partial charge on any atom is 0.240 e. The maximum absolute atomic E-state index is 11.8. The first-order chi connectivity index (χ1) is 6.95. The molecule has 1 atom stereocenters. The molecule has 0 aromatic heterocycles. The summed E-state index contributed by atoms with van der Waals surface area (Å²) in [6, 6.07) is 6.15. The van der Waals surface area contributed by atoms with E-state index in [1.807, 2.05) is 13.8 Å². The van der Waals surface area contributed by atoms with Crippen molar-refractivity contribution in [1.29, 1.82) is 0 Å². The highest BCUT2D eigenvalue weighted by molar-refractivity contribution is 7.89. The van der Waals surface area contributed by atoms with Crippen molar-refractivity contribution in [2.75, 3.05) is 0 Å². The first-order valence-electron chi connectivity index (χ1n) is 4.73. The van der Waals surface area contributed by atoms with Crippen LogP contribution in [0.25, 0.3) is 0 Å². The van der Waals surface area contributed by atoms with E-state index in [9.17, 15) is 8.42 Å². The Labute approximate surface area is 95.5 Å². The van der Waals surface area contributed by atoms with Gasteiger partial charge in [0.2, 0.25) is 10.0 Å². The number of sulfonamides is 1. The van der Waals surface area contributed by atoms with Crippen molar-refractivity contribution < 1.29 is 8.42 Å². The molecule has 0 heterocycles. The molecule has 1 N–H and O–H groups in total. The molecule has 0 aliphatic heterocycles. The van der Waals surface area contributed by atoms with E-state index in [4.69, 9.17) is 11.6 Å². The summed E-state index contributed by atoms with van der Waals surface area (Å²) >= 11 is 5.73. The summed E-state index contributed by atoms with van der Waals surface area (Å²) < 4.78 is 26.1. The smallest absolute Gasteiger partial charge is 0.208 e. The van der Waals surface area contributed by atoms with E-state index < -0.39 is 10.0 Å². The van der Waals surface area contributed by atoms with Gasteiger partial charge in [-0.3, -0.25) is 0 Å². The number of hydrogen-bond acceptors (Lipinski definition) is 2. The highest BCUT2D eigenvalue weighted by Crippen LogP contribution is 2.15. The Bertz CT molecular complexity index is 431. The van der Waals surface area contributed by atoms with E-state index >= 15 is 0 Å². The van der Waals surface area contributed by atoms with E-state index in [1.54, 1.807) is 12.1 Å². The van der Waals surface area contributed by atoms with Crippen molar-refractivity contribution in [3.63, 3.8) is 0 Å². The number of halogens is 1. The van der Waals surface area contributed by atoms with Crippen LogP contribution in [0.2, 0.25) is 5.02 Å². The lowest BCUT2D eigenvalue weighted by molar-refractivity contribution is 0.556. The molecule has 0 radical (unpaired) electrons. The van der Waals surface area contributed by atoms with Crippen molar-refractivity contribution in [2.24, 2.45) is 0 Å². The summed E-state index contributed by atoms with van der Waals surface area (Å²) in [4.78, 5) is 0.204. The van der Waals surface area contributed by atoms with Crippen molar-refractivity contribution in [1.82, 2.24) is 4.72 Å². The van der Waals surface area contributed by atoms with Gasteiger partial charge < -0.3 is 0 Å². The van der Waals surface area contributed by atoms with E-state index in [0.717, 1.165) is 6.42 Å². The predicted molar refractivity (Wildman–Crippen MR) is 61.5 cm³/mol. The quantitative estimate of drug-likeness (QED) is 0.888. The zero-order chi connectivity index (χ0) is 11.5. The van der Waals surface area contributed by atoms with Crippen molar-refractivity contribution in [2.45, 2.75) is 31.2 Å². The summed E-state index contributed by atoms with van der Waals surface area (Å²) in [5.41, 5.74) is 0. The summed E-state index contributed by atoms with van der Waals surface area (Å²) in [5.74, 6) is 0. The van der Waals surface area contributed by atoms with Gasteiger partial charge in [0.05, 0.1) is 4.90 Å². The van der Waals surface area contributed by atoms with Crippen molar-refractivity contribution in [3.05, 3.63) is 29.3 Å². The highest BCUT2D eigenvalue weighted by Gasteiger charge is 2.16. The van der Waals surface area contributed by atoms with Gasteiger partial charge in [0.25, 0.3) is 0 Å². The third-order valence-corrected chi connectivity index (χ3v) is 3.90. The van der Waals surface area contributed by atoms with Crippen LogP contribution in [0.15, 0.2) is 29.2 Å². The lowest BCUT2D eigenvalue weighted by Gasteiger charge is -2.11. The first-order valence-corrected chi connectivity index (χ1v) is 6.59. The second-order valence-electron chi connectivity index (χ2n) is 3.39. The molecule has 0 aliphatic rings. The van der Waals surface area contributed by atoms with Crippen molar-refractivity contribution >= 4 is 21.6 Å². The Kier molecular flexibility index (Phi) is 4.13. The SMILES string of the molecule is CCC(C)NS(=O)(=O)c1cccc(Cl)c1. The Morgan fingerprint density at radius 1 is 1.47 bits per heavy atom. The van der Waals surface area contributed by atoms with E-state index in [-0.39, 0.29) is 10.9 Å². The molecule has 5 heteroatoms. The standard InChI is InChI=1S/C10H14ClNO2S/c1-3-8(2)12-15(13,14)10-6-4-5-9(11)7-10/h4-8,12H,3H2,1-2H3. The van der Waals surface area contributed by atoms with Crippen LogP contribution in [0.3, 0.4) is 0 Å². The highest BCUT2D eigenvalue weighted by atomic mass is 35.5. The molecule has 0 aliphatic carbocycles. The molecular weight excluding hydrogens is 234 g/mol. The molecule has 1 aromatic rings. The number of rotatable bonds is 4. The molecule has 1 aromatic carbocycles. The van der Waals surface area contributed by atoms with Crippen LogP contribution >= 0.6 is 11.6 Å². The summed E-state index contributed by atoms with van der Waals surface area (Å²) in [7, 11) is -3.43. The van der Waals surface area contributed by atoms with Crippen LogP contribution in [-0.4, -0.2) is 14.5 Å². The van der Waals surface area contributed by atoms with Gasteiger partial charge >= 0.3 is 0 Å². The Balaban J connectivity index is 2.96. The first kappa shape index (κ1) is 12.5. The Hall–Kier alpha value is -0.580. The molecule has 84 valence electrons. The topological polar surface area (TPSA) is 46.2 Å². The Morgan fingerprint density at radius 2 is 2.13 bits per heavy atom. The van der Waals surface area contributed by atoms with E-state index in [2.05, 4.69) is 4.72 Å². The average molecular weight is 248 g/mol. The molecule has 15 heavy (non-hydrogen) atoms. The minimum absolute atomic E-state index is 0.0750. The monoisotopic (exact) mass is 247 g/mol. The normalized spacial score (nSPS) is 13.8. The molecule has 1 rings (SSSR count). The number of hydrogen-bond donors (Lipinski definition) is 1. The lowest BCUT2D eigenvalue weighted by atomic mass is 10.3. The van der Waals surface area contributed by atoms with Gasteiger partial charge in [-0.15, -0.1) is 0 Å². The largest absolute Gasteiger partial charge is 0.240 e. The molecule has 0 spiro atoms. The van der Waals surface area contributed by atoms with Crippen LogP contribution in [0.5, 0.6) is 0 Å². The van der Waals surface area contributed by atoms with Crippen LogP contribution < -0.4 is 4.72 Å². The second-order valence-corrected chi connectivity index (χ2v) is 5.54. The minimum Gasteiger partial charge on any atom is -0.208 e. The molecule has 0 amide bonds. The Morgan fingerprint density at radius 3 is 2.67 bits per heavy atom. The zero-order valence-electron chi connectivity index (χ0n) is 8.70. The summed E-state index contributed by atoms with van der Waals surface area (Å²) in [6.07, 6.45) is 0.750. The molecule has 1 unspecified atom stereocenters. The fraction of sp³-hybridized carbons (Fsp3) is 0.400. The van der Waals surface area contributed by atoms with Crippen LogP contribution in [0, 0.1) is 0 Å². The van der Waals surface area contributed by atoms with Gasteiger partial charge in [-0.05, 0) is 31.5 Å². The van der Waals surface area contributed by atoms with Crippen LogP contribution in [0.4, 0.5) is 0 Å². The van der Waals surface area contributed by atoms with Gasteiger partial charge in [0.15, 0.2) is 0 Å². The van der Waals surface area contributed by atoms with Crippen LogP contribution in [-0.2, 0) is 10.0 Å². The van der Waals surface area contributed by atoms with Crippen molar-refractivity contribution in [3.8, 4) is 0 Å². The fourth-order valence-electron chi connectivity index (χ4n) is 1.05. The summed E-state index contributed by atoms with van der Waals surface area (Å²) in [5, 5.41) is 0.419. The molecule has 0 bridgehead atoms. The fourth-order valence-corrected chi connectivity index (χ4v) is 2.68. The van der Waals surface area contributed by atoms with Gasteiger partial charge in [0.1, 0.15) is 0 Å². The maximum atomic E-state index is 11.8. The van der Waals surface area contributed by atoms with Gasteiger partial charge in [0, 0.05) is 11.1 Å². The van der Waals surface area contributed by atoms with Gasteiger partial charge in [-0.2, -0.15) is 0 Å². The molecule has 0 fully saturated rings. The second kappa shape index (κ2) is 4.96. The number of nitrogens with one attached hydrogen (secondary N) is 1.